The van der Waals surface area contributed by atoms with E-state index in [4.69, 9.17) is 14.2 Å². The Morgan fingerprint density at radius 2 is 1.62 bits per heavy atom. The van der Waals surface area contributed by atoms with Crippen molar-refractivity contribution in [1.82, 2.24) is 5.32 Å². The van der Waals surface area contributed by atoms with Crippen molar-refractivity contribution in [3.63, 3.8) is 0 Å². The van der Waals surface area contributed by atoms with E-state index in [0.717, 1.165) is 0 Å². The first kappa shape index (κ1) is 18.8. The van der Waals surface area contributed by atoms with Crippen molar-refractivity contribution in [2.75, 3.05) is 39.6 Å². The molecular weight excluding hydrogens is 270 g/mol. The van der Waals surface area contributed by atoms with Gasteiger partial charge in [0, 0.05) is 25.8 Å². The van der Waals surface area contributed by atoms with Crippen molar-refractivity contribution in [2.45, 2.75) is 64.2 Å². The summed E-state index contributed by atoms with van der Waals surface area (Å²) in [5, 5.41) is 13.4. The maximum atomic E-state index is 10.0. The molecule has 0 aromatic rings. The second-order valence-electron chi connectivity index (χ2n) is 5.67. The smallest absolute Gasteiger partial charge is 0.104 e. The van der Waals surface area contributed by atoms with E-state index in [0.29, 0.717) is 45.6 Å². The summed E-state index contributed by atoms with van der Waals surface area (Å²) in [4.78, 5) is 0. The fraction of sp³-hybridized carbons (Fsp3) is 1.00. The first-order valence-electron chi connectivity index (χ1n) is 8.44. The zero-order chi connectivity index (χ0) is 15.3. The summed E-state index contributed by atoms with van der Waals surface area (Å²) in [7, 11) is 0. The summed E-state index contributed by atoms with van der Waals surface area (Å²) in [6, 6.07) is 0.566. The molecule has 2 N–H and O–H groups in total. The predicted molar refractivity (Wildman–Crippen MR) is 83.6 cm³/mol. The Bertz CT molecular complexity index is 226. The van der Waals surface area contributed by atoms with E-state index in [1.807, 2.05) is 13.8 Å². The number of aliphatic hydroxyl groups is 1. The molecule has 0 bridgehead atoms. The van der Waals surface area contributed by atoms with Crippen LogP contribution in [0.2, 0.25) is 0 Å². The van der Waals surface area contributed by atoms with Crippen LogP contribution in [-0.2, 0) is 14.2 Å². The molecule has 0 spiro atoms. The molecule has 0 aliphatic heterocycles. The van der Waals surface area contributed by atoms with Gasteiger partial charge in [0.25, 0.3) is 0 Å². The third-order valence-electron chi connectivity index (χ3n) is 3.79. The Balaban J connectivity index is 2.13. The third-order valence-corrected chi connectivity index (χ3v) is 3.79. The van der Waals surface area contributed by atoms with Gasteiger partial charge in [0.1, 0.15) is 6.10 Å². The van der Waals surface area contributed by atoms with Gasteiger partial charge in [-0.3, -0.25) is 0 Å². The summed E-state index contributed by atoms with van der Waals surface area (Å²) in [5.41, 5.74) is 0. The quantitative estimate of drug-likeness (QED) is 0.575. The van der Waals surface area contributed by atoms with Crippen LogP contribution in [-0.4, -0.2) is 62.9 Å². The highest BCUT2D eigenvalue weighted by Gasteiger charge is 2.16. The lowest BCUT2D eigenvalue weighted by Gasteiger charge is -2.25. The molecule has 1 aliphatic rings. The van der Waals surface area contributed by atoms with Crippen molar-refractivity contribution < 1.29 is 19.3 Å². The maximum Gasteiger partial charge on any atom is 0.104 e. The van der Waals surface area contributed by atoms with Gasteiger partial charge in [-0.1, -0.05) is 19.3 Å². The molecule has 1 rings (SSSR count). The molecule has 1 fully saturated rings. The second kappa shape index (κ2) is 12.4. The average molecular weight is 303 g/mol. The van der Waals surface area contributed by atoms with Crippen molar-refractivity contribution in [3.05, 3.63) is 0 Å². The molecule has 1 saturated carbocycles. The molecule has 5 nitrogen and oxygen atoms in total. The fourth-order valence-electron chi connectivity index (χ4n) is 2.56. The van der Waals surface area contributed by atoms with E-state index in [2.05, 4.69) is 5.32 Å². The summed E-state index contributed by atoms with van der Waals surface area (Å²) in [6.45, 7) is 7.20. The maximum absolute atomic E-state index is 10.0. The Kier molecular flexibility index (Phi) is 11.1. The third kappa shape index (κ3) is 9.42. The molecule has 5 heteroatoms. The summed E-state index contributed by atoms with van der Waals surface area (Å²) >= 11 is 0. The van der Waals surface area contributed by atoms with Crippen molar-refractivity contribution in [1.29, 1.82) is 0 Å². The first-order valence-corrected chi connectivity index (χ1v) is 8.44. The lowest BCUT2D eigenvalue weighted by atomic mass is 9.95. The Morgan fingerprint density at radius 1 is 1.00 bits per heavy atom. The highest BCUT2D eigenvalue weighted by molar-refractivity contribution is 4.73. The summed E-state index contributed by atoms with van der Waals surface area (Å²) < 4.78 is 16.5. The summed E-state index contributed by atoms with van der Waals surface area (Å²) in [5.74, 6) is 0. The van der Waals surface area contributed by atoms with Gasteiger partial charge in [-0.15, -0.1) is 0 Å². The largest absolute Gasteiger partial charge is 0.389 e. The van der Waals surface area contributed by atoms with Gasteiger partial charge in [0.15, 0.2) is 0 Å². The molecule has 0 aromatic carbocycles. The van der Waals surface area contributed by atoms with Crippen LogP contribution < -0.4 is 5.32 Å². The number of rotatable bonds is 12. The van der Waals surface area contributed by atoms with Crippen LogP contribution in [0.3, 0.4) is 0 Å². The lowest BCUT2D eigenvalue weighted by Crippen LogP contribution is -2.39. The number of aliphatic hydroxyl groups excluding tert-OH is 1. The lowest BCUT2D eigenvalue weighted by molar-refractivity contribution is -0.0785. The van der Waals surface area contributed by atoms with E-state index in [-0.39, 0.29) is 6.10 Å². The van der Waals surface area contributed by atoms with E-state index in [9.17, 15) is 5.11 Å². The van der Waals surface area contributed by atoms with Gasteiger partial charge in [-0.25, -0.2) is 0 Å². The van der Waals surface area contributed by atoms with E-state index >= 15 is 0 Å². The molecule has 0 heterocycles. The molecule has 1 atom stereocenters. The van der Waals surface area contributed by atoms with Crippen molar-refractivity contribution in [2.24, 2.45) is 0 Å². The predicted octanol–water partition coefficient (Wildman–Crippen LogP) is 1.73. The molecule has 0 amide bonds. The van der Waals surface area contributed by atoms with Crippen LogP contribution in [0.5, 0.6) is 0 Å². The zero-order valence-electron chi connectivity index (χ0n) is 13.7. The van der Waals surface area contributed by atoms with Crippen LogP contribution in [0.1, 0.15) is 46.0 Å². The average Bonchev–Trinajstić information content (AvgIpc) is 2.53. The normalized spacial score (nSPS) is 18.3. The van der Waals surface area contributed by atoms with Crippen LogP contribution in [0.15, 0.2) is 0 Å². The van der Waals surface area contributed by atoms with Gasteiger partial charge < -0.3 is 24.6 Å². The number of ether oxygens (including phenoxy) is 3. The highest BCUT2D eigenvalue weighted by Crippen LogP contribution is 2.17. The van der Waals surface area contributed by atoms with Crippen LogP contribution in [0, 0.1) is 0 Å². The van der Waals surface area contributed by atoms with Gasteiger partial charge in [-0.05, 0) is 26.7 Å². The van der Waals surface area contributed by atoms with Crippen LogP contribution in [0.4, 0.5) is 0 Å². The number of nitrogens with one attached hydrogen (secondary N) is 1. The molecule has 21 heavy (non-hydrogen) atoms. The van der Waals surface area contributed by atoms with Crippen molar-refractivity contribution in [3.8, 4) is 0 Å². The Labute approximate surface area is 129 Å². The van der Waals surface area contributed by atoms with Crippen molar-refractivity contribution >= 4 is 0 Å². The van der Waals surface area contributed by atoms with Crippen LogP contribution in [0.25, 0.3) is 0 Å². The van der Waals surface area contributed by atoms with Gasteiger partial charge in [0.05, 0.1) is 25.9 Å². The minimum atomic E-state index is -0.474. The molecule has 1 aliphatic carbocycles. The van der Waals surface area contributed by atoms with E-state index in [1.54, 1.807) is 0 Å². The number of hydrogen-bond donors (Lipinski definition) is 2. The Hall–Kier alpha value is -0.200. The summed E-state index contributed by atoms with van der Waals surface area (Å²) in [6.07, 6.45) is 5.83. The van der Waals surface area contributed by atoms with Gasteiger partial charge in [0.2, 0.25) is 0 Å². The molecule has 0 radical (unpaired) electrons. The standard InChI is InChI=1S/C16H33NO4/c1-3-19-12-16(13-20-4-2)21-11-15(18)10-17-14-8-6-5-7-9-14/h14-18H,3-13H2,1-2H3. The minimum absolute atomic E-state index is 0.103. The monoisotopic (exact) mass is 303 g/mol. The minimum Gasteiger partial charge on any atom is -0.389 e. The molecule has 0 aromatic heterocycles. The fourth-order valence-corrected chi connectivity index (χ4v) is 2.56. The zero-order valence-corrected chi connectivity index (χ0v) is 13.7. The van der Waals surface area contributed by atoms with Gasteiger partial charge >= 0.3 is 0 Å². The van der Waals surface area contributed by atoms with E-state index < -0.39 is 6.10 Å². The van der Waals surface area contributed by atoms with Crippen LogP contribution >= 0.6 is 0 Å². The molecule has 1 unspecified atom stereocenters. The van der Waals surface area contributed by atoms with E-state index in [1.165, 1.54) is 32.1 Å². The molecule has 126 valence electrons. The second-order valence-corrected chi connectivity index (χ2v) is 5.67. The van der Waals surface area contributed by atoms with Gasteiger partial charge in [-0.2, -0.15) is 0 Å². The topological polar surface area (TPSA) is 60.0 Å². The number of hydrogen-bond acceptors (Lipinski definition) is 5. The first-order chi connectivity index (χ1) is 10.3. The molecule has 0 saturated heterocycles. The highest BCUT2D eigenvalue weighted by atomic mass is 16.6. The SMILES string of the molecule is CCOCC(COCC)OCC(O)CNC1CCCCC1. The Morgan fingerprint density at radius 3 is 2.19 bits per heavy atom. The molecular formula is C16H33NO4.